The molecule has 0 aliphatic carbocycles. The molecule has 0 saturated carbocycles. The van der Waals surface area contributed by atoms with Crippen LogP contribution in [0.4, 0.5) is 0 Å². The highest BCUT2D eigenvalue weighted by molar-refractivity contribution is 5.38. The van der Waals surface area contributed by atoms with Crippen LogP contribution in [0.5, 0.6) is 5.75 Å². The topological polar surface area (TPSA) is 41.5 Å². The van der Waals surface area contributed by atoms with Gasteiger partial charge in [-0.25, -0.2) is 0 Å². The van der Waals surface area contributed by atoms with E-state index in [1.807, 2.05) is 25.1 Å². The average molecular weight is 249 g/mol. The standard InChI is InChI=1S/C15H23NO2/c1-11-6-7-15(18-2)13(9-11)14(17)10-12-5-3-4-8-16-12/h6-7,9,12,14,16-17H,3-5,8,10H2,1-2H3. The van der Waals surface area contributed by atoms with Crippen molar-refractivity contribution in [1.82, 2.24) is 5.32 Å². The van der Waals surface area contributed by atoms with E-state index >= 15 is 0 Å². The largest absolute Gasteiger partial charge is 0.496 e. The fourth-order valence-electron chi connectivity index (χ4n) is 2.64. The average Bonchev–Trinajstić information content (AvgIpc) is 2.40. The molecular formula is C15H23NO2. The lowest BCUT2D eigenvalue weighted by Gasteiger charge is -2.26. The van der Waals surface area contributed by atoms with E-state index in [0.29, 0.717) is 6.04 Å². The molecule has 100 valence electrons. The number of benzene rings is 1. The molecule has 2 N–H and O–H groups in total. The van der Waals surface area contributed by atoms with Crippen molar-refractivity contribution in [3.05, 3.63) is 29.3 Å². The van der Waals surface area contributed by atoms with E-state index < -0.39 is 6.10 Å². The second-order valence-corrected chi connectivity index (χ2v) is 5.14. The van der Waals surface area contributed by atoms with Gasteiger partial charge in [-0.15, -0.1) is 0 Å². The predicted octanol–water partition coefficient (Wildman–Crippen LogP) is 2.57. The molecule has 2 unspecified atom stereocenters. The molecule has 1 aromatic carbocycles. The van der Waals surface area contributed by atoms with E-state index in [1.54, 1.807) is 7.11 Å². The van der Waals surface area contributed by atoms with Crippen molar-refractivity contribution in [2.45, 2.75) is 44.8 Å². The lowest BCUT2D eigenvalue weighted by molar-refractivity contribution is 0.141. The SMILES string of the molecule is COc1ccc(C)cc1C(O)CC1CCCCN1. The van der Waals surface area contributed by atoms with Gasteiger partial charge in [0.15, 0.2) is 0 Å². The van der Waals surface area contributed by atoms with Gasteiger partial charge in [0, 0.05) is 11.6 Å². The molecule has 0 aromatic heterocycles. The maximum atomic E-state index is 10.4. The molecule has 1 heterocycles. The predicted molar refractivity (Wildman–Crippen MR) is 72.9 cm³/mol. The van der Waals surface area contributed by atoms with Gasteiger partial charge < -0.3 is 15.2 Å². The first-order valence-corrected chi connectivity index (χ1v) is 6.76. The van der Waals surface area contributed by atoms with Crippen LogP contribution in [-0.4, -0.2) is 24.8 Å². The number of aliphatic hydroxyl groups is 1. The van der Waals surface area contributed by atoms with Crippen LogP contribution < -0.4 is 10.1 Å². The molecule has 18 heavy (non-hydrogen) atoms. The van der Waals surface area contributed by atoms with Crippen molar-refractivity contribution >= 4 is 0 Å². The fraction of sp³-hybridized carbons (Fsp3) is 0.600. The summed E-state index contributed by atoms with van der Waals surface area (Å²) in [6.07, 6.45) is 3.98. The number of rotatable bonds is 4. The number of piperidine rings is 1. The molecule has 0 amide bonds. The molecule has 1 aliphatic rings. The molecule has 0 spiro atoms. The number of aliphatic hydroxyl groups excluding tert-OH is 1. The fourth-order valence-corrected chi connectivity index (χ4v) is 2.64. The summed E-state index contributed by atoms with van der Waals surface area (Å²) in [5, 5.41) is 13.9. The van der Waals surface area contributed by atoms with Crippen LogP contribution in [0.15, 0.2) is 18.2 Å². The molecule has 2 rings (SSSR count). The summed E-state index contributed by atoms with van der Waals surface area (Å²) in [5.41, 5.74) is 2.06. The summed E-state index contributed by atoms with van der Waals surface area (Å²) in [7, 11) is 1.65. The molecule has 2 atom stereocenters. The molecule has 3 nitrogen and oxygen atoms in total. The van der Waals surface area contributed by atoms with E-state index in [9.17, 15) is 5.11 Å². The van der Waals surface area contributed by atoms with Crippen molar-refractivity contribution in [1.29, 1.82) is 0 Å². The van der Waals surface area contributed by atoms with E-state index in [0.717, 1.165) is 36.3 Å². The maximum absolute atomic E-state index is 10.4. The minimum Gasteiger partial charge on any atom is -0.496 e. The number of hydrogen-bond acceptors (Lipinski definition) is 3. The van der Waals surface area contributed by atoms with Gasteiger partial charge >= 0.3 is 0 Å². The zero-order chi connectivity index (χ0) is 13.0. The normalized spacial score (nSPS) is 21.6. The van der Waals surface area contributed by atoms with Gasteiger partial charge in [-0.05, 0) is 44.9 Å². The van der Waals surface area contributed by atoms with E-state index in [4.69, 9.17) is 4.74 Å². The Kier molecular flexibility index (Phi) is 4.61. The second-order valence-electron chi connectivity index (χ2n) is 5.14. The first-order chi connectivity index (χ1) is 8.70. The van der Waals surface area contributed by atoms with Crippen molar-refractivity contribution in [2.24, 2.45) is 0 Å². The van der Waals surface area contributed by atoms with Gasteiger partial charge in [0.2, 0.25) is 0 Å². The van der Waals surface area contributed by atoms with Crippen molar-refractivity contribution in [3.63, 3.8) is 0 Å². The Bertz CT molecular complexity index is 386. The second kappa shape index (κ2) is 6.21. The van der Waals surface area contributed by atoms with Crippen molar-refractivity contribution in [3.8, 4) is 5.75 Å². The Morgan fingerprint density at radius 2 is 2.28 bits per heavy atom. The zero-order valence-electron chi connectivity index (χ0n) is 11.3. The lowest BCUT2D eigenvalue weighted by atomic mass is 9.95. The highest BCUT2D eigenvalue weighted by Crippen LogP contribution is 2.30. The summed E-state index contributed by atoms with van der Waals surface area (Å²) >= 11 is 0. The Balaban J connectivity index is 2.07. The van der Waals surface area contributed by atoms with Gasteiger partial charge in [0.05, 0.1) is 13.2 Å². The Hall–Kier alpha value is -1.06. The van der Waals surface area contributed by atoms with Crippen molar-refractivity contribution < 1.29 is 9.84 Å². The molecule has 1 aliphatic heterocycles. The molecule has 1 aromatic rings. The minimum absolute atomic E-state index is 0.430. The first kappa shape index (κ1) is 13.4. The van der Waals surface area contributed by atoms with E-state index in [1.165, 1.54) is 12.8 Å². The zero-order valence-corrected chi connectivity index (χ0v) is 11.3. The quantitative estimate of drug-likeness (QED) is 0.861. The third-order valence-electron chi connectivity index (χ3n) is 3.66. The molecule has 0 radical (unpaired) electrons. The monoisotopic (exact) mass is 249 g/mol. The summed E-state index contributed by atoms with van der Waals surface area (Å²) in [5.74, 6) is 0.781. The van der Waals surface area contributed by atoms with Crippen LogP contribution >= 0.6 is 0 Å². The third-order valence-corrected chi connectivity index (χ3v) is 3.66. The van der Waals surface area contributed by atoms with Crippen LogP contribution in [0.1, 0.15) is 42.9 Å². The maximum Gasteiger partial charge on any atom is 0.124 e. The van der Waals surface area contributed by atoms with Gasteiger partial charge in [0.1, 0.15) is 5.75 Å². The van der Waals surface area contributed by atoms with Crippen LogP contribution in [0, 0.1) is 6.92 Å². The van der Waals surface area contributed by atoms with Gasteiger partial charge in [-0.2, -0.15) is 0 Å². The summed E-state index contributed by atoms with van der Waals surface area (Å²) in [6.45, 7) is 3.11. The van der Waals surface area contributed by atoms with E-state index in [2.05, 4.69) is 5.32 Å². The number of nitrogens with one attached hydrogen (secondary N) is 1. The highest BCUT2D eigenvalue weighted by Gasteiger charge is 2.20. The Morgan fingerprint density at radius 3 is 2.94 bits per heavy atom. The minimum atomic E-state index is -0.449. The molecule has 1 fully saturated rings. The van der Waals surface area contributed by atoms with Gasteiger partial charge in [-0.3, -0.25) is 0 Å². The molecule has 3 heteroatoms. The highest BCUT2D eigenvalue weighted by atomic mass is 16.5. The number of hydrogen-bond donors (Lipinski definition) is 2. The van der Waals surface area contributed by atoms with Gasteiger partial charge in [-0.1, -0.05) is 18.1 Å². The van der Waals surface area contributed by atoms with Crippen molar-refractivity contribution in [2.75, 3.05) is 13.7 Å². The van der Waals surface area contributed by atoms with Crippen LogP contribution in [0.25, 0.3) is 0 Å². The molecule has 1 saturated heterocycles. The van der Waals surface area contributed by atoms with Crippen LogP contribution in [-0.2, 0) is 0 Å². The summed E-state index contributed by atoms with van der Waals surface area (Å²) in [4.78, 5) is 0. The third kappa shape index (κ3) is 3.24. The van der Waals surface area contributed by atoms with Crippen LogP contribution in [0.2, 0.25) is 0 Å². The number of aryl methyl sites for hydroxylation is 1. The van der Waals surface area contributed by atoms with E-state index in [-0.39, 0.29) is 0 Å². The van der Waals surface area contributed by atoms with Crippen LogP contribution in [0.3, 0.4) is 0 Å². The van der Waals surface area contributed by atoms with Gasteiger partial charge in [0.25, 0.3) is 0 Å². The number of methoxy groups -OCH3 is 1. The molecular weight excluding hydrogens is 226 g/mol. The Morgan fingerprint density at radius 1 is 1.44 bits per heavy atom. The molecule has 0 bridgehead atoms. The lowest BCUT2D eigenvalue weighted by Crippen LogP contribution is -2.35. The summed E-state index contributed by atoms with van der Waals surface area (Å²) < 4.78 is 5.33. The smallest absolute Gasteiger partial charge is 0.124 e. The first-order valence-electron chi connectivity index (χ1n) is 6.76. The Labute approximate surface area is 109 Å². The summed E-state index contributed by atoms with van der Waals surface area (Å²) in [6, 6.07) is 6.39. The number of ether oxygens (including phenoxy) is 1.